The van der Waals surface area contributed by atoms with Crippen molar-refractivity contribution >= 4 is 0 Å². The van der Waals surface area contributed by atoms with Crippen LogP contribution in [0.2, 0.25) is 0 Å². The van der Waals surface area contributed by atoms with Crippen LogP contribution in [-0.4, -0.2) is 22.6 Å². The van der Waals surface area contributed by atoms with Gasteiger partial charge in [0, 0.05) is 25.0 Å². The first kappa shape index (κ1) is 11.2. The monoisotopic (exact) mass is 195 g/mol. The molecule has 80 valence electrons. The molecule has 1 heterocycles. The molecule has 0 aromatic carbocycles. The lowest BCUT2D eigenvalue weighted by atomic mass is 10.3. The van der Waals surface area contributed by atoms with Crippen molar-refractivity contribution in [2.24, 2.45) is 0 Å². The lowest BCUT2D eigenvalue weighted by Crippen LogP contribution is -2.21. The van der Waals surface area contributed by atoms with E-state index in [-0.39, 0.29) is 0 Å². The Morgan fingerprint density at radius 1 is 1.29 bits per heavy atom. The van der Waals surface area contributed by atoms with E-state index in [1.165, 1.54) is 18.5 Å². The zero-order chi connectivity index (χ0) is 10.2. The van der Waals surface area contributed by atoms with E-state index < -0.39 is 0 Å². The highest BCUT2D eigenvalue weighted by Gasteiger charge is 1.99. The minimum Gasteiger partial charge on any atom is -0.333 e. The highest BCUT2D eigenvalue weighted by atomic mass is 15.1. The zero-order valence-corrected chi connectivity index (χ0v) is 9.29. The van der Waals surface area contributed by atoms with Gasteiger partial charge in [0.2, 0.25) is 0 Å². The van der Waals surface area contributed by atoms with E-state index in [0.717, 1.165) is 26.1 Å². The number of hydrogen-bond acceptors (Lipinski definition) is 2. The third kappa shape index (κ3) is 3.50. The summed E-state index contributed by atoms with van der Waals surface area (Å²) in [6.45, 7) is 7.58. The van der Waals surface area contributed by atoms with E-state index in [9.17, 15) is 0 Å². The minimum absolute atomic E-state index is 1.04. The van der Waals surface area contributed by atoms with Crippen LogP contribution >= 0.6 is 0 Å². The molecule has 0 aliphatic heterocycles. The molecule has 1 aromatic heterocycles. The second-order valence-corrected chi connectivity index (χ2v) is 3.58. The van der Waals surface area contributed by atoms with Crippen LogP contribution in [0.15, 0.2) is 12.5 Å². The highest BCUT2D eigenvalue weighted by molar-refractivity contribution is 4.98. The van der Waals surface area contributed by atoms with Gasteiger partial charge in [0.1, 0.15) is 0 Å². The van der Waals surface area contributed by atoms with Crippen LogP contribution in [0, 0.1) is 0 Å². The number of aryl methyl sites for hydroxylation is 1. The van der Waals surface area contributed by atoms with E-state index in [0.29, 0.717) is 0 Å². The molecule has 0 aliphatic rings. The van der Waals surface area contributed by atoms with Crippen LogP contribution in [0.25, 0.3) is 0 Å². The Hall–Kier alpha value is -0.830. The Bertz CT molecular complexity index is 242. The molecular formula is C11H21N3. The minimum atomic E-state index is 1.04. The van der Waals surface area contributed by atoms with Crippen molar-refractivity contribution in [3.05, 3.63) is 18.2 Å². The summed E-state index contributed by atoms with van der Waals surface area (Å²) in [4.78, 5) is 4.17. The maximum atomic E-state index is 4.17. The summed E-state index contributed by atoms with van der Waals surface area (Å²) in [7, 11) is 0. The van der Waals surface area contributed by atoms with Crippen molar-refractivity contribution in [3.63, 3.8) is 0 Å². The van der Waals surface area contributed by atoms with E-state index in [1.54, 1.807) is 0 Å². The lowest BCUT2D eigenvalue weighted by Gasteiger charge is -2.07. The van der Waals surface area contributed by atoms with Gasteiger partial charge in [-0.1, -0.05) is 20.3 Å². The molecule has 0 radical (unpaired) electrons. The molecule has 3 nitrogen and oxygen atoms in total. The summed E-state index contributed by atoms with van der Waals surface area (Å²) >= 11 is 0. The second-order valence-electron chi connectivity index (χ2n) is 3.58. The van der Waals surface area contributed by atoms with Crippen LogP contribution < -0.4 is 5.32 Å². The van der Waals surface area contributed by atoms with Gasteiger partial charge in [0.15, 0.2) is 0 Å². The number of nitrogens with one attached hydrogen (secondary N) is 1. The van der Waals surface area contributed by atoms with Crippen molar-refractivity contribution in [2.45, 2.75) is 39.7 Å². The number of rotatable bonds is 7. The highest BCUT2D eigenvalue weighted by Crippen LogP contribution is 2.01. The summed E-state index contributed by atoms with van der Waals surface area (Å²) < 4.78 is 2.24. The van der Waals surface area contributed by atoms with E-state index in [4.69, 9.17) is 0 Å². The Balaban J connectivity index is 2.30. The van der Waals surface area contributed by atoms with Crippen molar-refractivity contribution in [3.8, 4) is 0 Å². The first-order chi connectivity index (χ1) is 6.88. The fourth-order valence-corrected chi connectivity index (χ4v) is 1.52. The molecule has 0 spiro atoms. The average molecular weight is 195 g/mol. The predicted molar refractivity (Wildman–Crippen MR) is 59.4 cm³/mol. The van der Waals surface area contributed by atoms with Gasteiger partial charge in [-0.05, 0) is 19.4 Å². The molecule has 0 atom stereocenters. The Morgan fingerprint density at radius 3 is 2.86 bits per heavy atom. The number of hydrogen-bond donors (Lipinski definition) is 1. The molecule has 0 saturated heterocycles. The summed E-state index contributed by atoms with van der Waals surface area (Å²) in [6, 6.07) is 0. The lowest BCUT2D eigenvalue weighted by molar-refractivity contribution is 0.577. The van der Waals surface area contributed by atoms with Gasteiger partial charge in [-0.15, -0.1) is 0 Å². The van der Waals surface area contributed by atoms with Crippen LogP contribution in [0.4, 0.5) is 0 Å². The van der Waals surface area contributed by atoms with E-state index in [1.807, 2.05) is 12.5 Å². The molecule has 3 heteroatoms. The summed E-state index contributed by atoms with van der Waals surface area (Å²) in [5.41, 5.74) is 1.35. The molecule has 1 aromatic rings. The van der Waals surface area contributed by atoms with Crippen molar-refractivity contribution in [1.82, 2.24) is 14.9 Å². The Morgan fingerprint density at radius 2 is 2.14 bits per heavy atom. The maximum Gasteiger partial charge on any atom is 0.0948 e. The van der Waals surface area contributed by atoms with Crippen LogP contribution in [0.3, 0.4) is 0 Å². The van der Waals surface area contributed by atoms with Gasteiger partial charge in [-0.2, -0.15) is 0 Å². The second kappa shape index (κ2) is 6.60. The normalized spacial score (nSPS) is 10.7. The molecular weight excluding hydrogens is 174 g/mol. The van der Waals surface area contributed by atoms with E-state index >= 15 is 0 Å². The molecule has 0 saturated carbocycles. The summed E-state index contributed by atoms with van der Waals surface area (Å²) in [6.07, 6.45) is 7.43. The first-order valence-electron chi connectivity index (χ1n) is 5.58. The molecule has 0 aliphatic carbocycles. The van der Waals surface area contributed by atoms with Gasteiger partial charge in [0.25, 0.3) is 0 Å². The third-order valence-corrected chi connectivity index (χ3v) is 2.26. The number of nitrogens with zero attached hydrogens (tertiary/aromatic N) is 2. The van der Waals surface area contributed by atoms with Gasteiger partial charge in [-0.25, -0.2) is 4.98 Å². The van der Waals surface area contributed by atoms with Crippen molar-refractivity contribution < 1.29 is 0 Å². The zero-order valence-electron chi connectivity index (χ0n) is 9.29. The Labute approximate surface area is 86.5 Å². The fraction of sp³-hybridized carbons (Fsp3) is 0.727. The number of aromatic nitrogens is 2. The maximum absolute atomic E-state index is 4.17. The molecule has 0 amide bonds. The largest absolute Gasteiger partial charge is 0.333 e. The van der Waals surface area contributed by atoms with Crippen LogP contribution in [-0.2, 0) is 13.0 Å². The fourth-order valence-electron chi connectivity index (χ4n) is 1.52. The predicted octanol–water partition coefficient (Wildman–Crippen LogP) is 1.84. The van der Waals surface area contributed by atoms with Gasteiger partial charge >= 0.3 is 0 Å². The van der Waals surface area contributed by atoms with Gasteiger partial charge < -0.3 is 9.88 Å². The summed E-state index contributed by atoms with van der Waals surface area (Å²) in [5.74, 6) is 0. The topological polar surface area (TPSA) is 29.9 Å². The SMILES string of the molecule is CCCNCCn1cncc1CCC. The Kier molecular flexibility index (Phi) is 5.30. The number of imidazole rings is 1. The molecule has 0 unspecified atom stereocenters. The van der Waals surface area contributed by atoms with Crippen molar-refractivity contribution in [2.75, 3.05) is 13.1 Å². The van der Waals surface area contributed by atoms with E-state index in [2.05, 4.69) is 28.7 Å². The van der Waals surface area contributed by atoms with Crippen molar-refractivity contribution in [1.29, 1.82) is 0 Å². The standard InChI is InChI=1S/C11H21N3/c1-3-5-11-9-13-10-14(11)8-7-12-6-4-2/h9-10,12H,3-8H2,1-2H3. The quantitative estimate of drug-likeness (QED) is 0.673. The molecule has 0 bridgehead atoms. The molecule has 0 fully saturated rings. The first-order valence-corrected chi connectivity index (χ1v) is 5.58. The van der Waals surface area contributed by atoms with Crippen LogP contribution in [0.1, 0.15) is 32.4 Å². The molecule has 1 N–H and O–H groups in total. The van der Waals surface area contributed by atoms with Gasteiger partial charge in [0.05, 0.1) is 6.33 Å². The van der Waals surface area contributed by atoms with Gasteiger partial charge in [-0.3, -0.25) is 0 Å². The molecule has 1 rings (SSSR count). The third-order valence-electron chi connectivity index (χ3n) is 2.26. The molecule has 14 heavy (non-hydrogen) atoms. The summed E-state index contributed by atoms with van der Waals surface area (Å²) in [5, 5.41) is 3.39. The average Bonchev–Trinajstić information content (AvgIpc) is 2.61. The van der Waals surface area contributed by atoms with Crippen LogP contribution in [0.5, 0.6) is 0 Å². The smallest absolute Gasteiger partial charge is 0.0948 e.